The van der Waals surface area contributed by atoms with Crippen molar-refractivity contribution >= 4 is 11.8 Å². The molecule has 1 aliphatic rings. The summed E-state index contributed by atoms with van der Waals surface area (Å²) in [6.45, 7) is 2.07. The van der Waals surface area contributed by atoms with E-state index < -0.39 is 12.1 Å². The highest BCUT2D eigenvalue weighted by Gasteiger charge is 2.34. The summed E-state index contributed by atoms with van der Waals surface area (Å²) in [6, 6.07) is 9.20. The van der Waals surface area contributed by atoms with Crippen molar-refractivity contribution in [2.45, 2.75) is 19.4 Å². The number of rotatable bonds is 1. The fourth-order valence-electron chi connectivity index (χ4n) is 1.91. The summed E-state index contributed by atoms with van der Waals surface area (Å²) in [6.07, 6.45) is 0.130. The molecule has 82 valence electrons. The zero-order chi connectivity index (χ0) is 11.5. The minimum atomic E-state index is -0.448. The largest absolute Gasteiger partial charge is 0.449 e. The van der Waals surface area contributed by atoms with Crippen molar-refractivity contribution < 1.29 is 9.53 Å². The van der Waals surface area contributed by atoms with Crippen LogP contribution in [-0.4, -0.2) is 18.7 Å². The Hall–Kier alpha value is -2.02. The lowest BCUT2D eigenvalue weighted by atomic mass is 10.1. The number of benzene rings is 1. The van der Waals surface area contributed by atoms with Gasteiger partial charge in [0.25, 0.3) is 0 Å². The van der Waals surface area contributed by atoms with E-state index in [0.29, 0.717) is 13.0 Å². The zero-order valence-electron chi connectivity index (χ0n) is 9.01. The highest BCUT2D eigenvalue weighted by Crippen LogP contribution is 2.32. The normalized spacial score (nSPS) is 17.8. The Bertz CT molecular complexity index is 451. The fourth-order valence-corrected chi connectivity index (χ4v) is 1.91. The minimum Gasteiger partial charge on any atom is -0.449 e. The molecule has 0 saturated heterocycles. The van der Waals surface area contributed by atoms with Gasteiger partial charge < -0.3 is 4.74 Å². The number of nitrogens with zero attached hydrogens (tertiary/aromatic N) is 2. The molecular formula is C12H12N2O2. The lowest BCUT2D eigenvalue weighted by molar-refractivity contribution is 0.159. The number of carbonyl (C=O) groups is 1. The molecule has 0 aromatic heterocycles. The Labute approximate surface area is 94.0 Å². The highest BCUT2D eigenvalue weighted by atomic mass is 16.6. The molecule has 1 amide bonds. The van der Waals surface area contributed by atoms with Crippen molar-refractivity contribution in [2.75, 3.05) is 11.5 Å². The standard InChI is InChI=1S/C12H12N2O2/c1-2-16-12(15)14-10(8-13)7-9-5-3-4-6-11(9)14/h3-6,10H,2,7H2,1H3. The second-order valence-electron chi connectivity index (χ2n) is 3.55. The van der Waals surface area contributed by atoms with E-state index in [4.69, 9.17) is 10.00 Å². The van der Waals surface area contributed by atoms with Gasteiger partial charge in [-0.1, -0.05) is 18.2 Å². The van der Waals surface area contributed by atoms with E-state index in [1.807, 2.05) is 24.3 Å². The molecule has 0 aliphatic carbocycles. The summed E-state index contributed by atoms with van der Waals surface area (Å²) >= 11 is 0. The van der Waals surface area contributed by atoms with Gasteiger partial charge in [0, 0.05) is 6.42 Å². The van der Waals surface area contributed by atoms with Crippen molar-refractivity contribution in [3.63, 3.8) is 0 Å². The predicted octanol–water partition coefficient (Wildman–Crippen LogP) is 2.10. The Kier molecular flexibility index (Phi) is 2.78. The van der Waals surface area contributed by atoms with Gasteiger partial charge in [0.15, 0.2) is 0 Å². The molecule has 0 radical (unpaired) electrons. The molecule has 1 unspecified atom stereocenters. The van der Waals surface area contributed by atoms with E-state index in [2.05, 4.69) is 6.07 Å². The fraction of sp³-hybridized carbons (Fsp3) is 0.333. The van der Waals surface area contributed by atoms with Crippen LogP contribution in [0.1, 0.15) is 12.5 Å². The molecule has 2 rings (SSSR count). The van der Waals surface area contributed by atoms with E-state index >= 15 is 0 Å². The summed E-state index contributed by atoms with van der Waals surface area (Å²) in [5.41, 5.74) is 1.80. The molecule has 1 atom stereocenters. The van der Waals surface area contributed by atoms with Crippen LogP contribution < -0.4 is 4.90 Å². The van der Waals surface area contributed by atoms with Crippen LogP contribution in [0, 0.1) is 11.3 Å². The average Bonchev–Trinajstić information content (AvgIpc) is 2.67. The van der Waals surface area contributed by atoms with Crippen LogP contribution in [0.4, 0.5) is 10.5 Å². The van der Waals surface area contributed by atoms with Gasteiger partial charge in [-0.25, -0.2) is 4.79 Å². The number of amides is 1. The quantitative estimate of drug-likeness (QED) is 0.722. The Balaban J connectivity index is 2.35. The Morgan fingerprint density at radius 2 is 2.38 bits per heavy atom. The van der Waals surface area contributed by atoms with Crippen LogP contribution in [0.5, 0.6) is 0 Å². The van der Waals surface area contributed by atoms with Crippen molar-refractivity contribution in [3.8, 4) is 6.07 Å². The second kappa shape index (κ2) is 4.23. The molecule has 0 N–H and O–H groups in total. The summed E-state index contributed by atoms with van der Waals surface area (Å²) < 4.78 is 4.95. The number of fused-ring (bicyclic) bond motifs is 1. The molecule has 1 aromatic rings. The molecule has 4 nitrogen and oxygen atoms in total. The van der Waals surface area contributed by atoms with E-state index in [0.717, 1.165) is 11.3 Å². The molecule has 0 spiro atoms. The van der Waals surface area contributed by atoms with E-state index in [-0.39, 0.29) is 0 Å². The summed E-state index contributed by atoms with van der Waals surface area (Å²) in [5.74, 6) is 0. The van der Waals surface area contributed by atoms with Gasteiger partial charge >= 0.3 is 6.09 Å². The maximum Gasteiger partial charge on any atom is 0.415 e. The van der Waals surface area contributed by atoms with Crippen molar-refractivity contribution in [1.82, 2.24) is 0 Å². The summed E-state index contributed by atoms with van der Waals surface area (Å²) in [7, 11) is 0. The van der Waals surface area contributed by atoms with E-state index in [1.54, 1.807) is 6.92 Å². The Morgan fingerprint density at radius 1 is 1.62 bits per heavy atom. The third-order valence-corrected chi connectivity index (χ3v) is 2.59. The maximum atomic E-state index is 11.7. The lowest BCUT2D eigenvalue weighted by Crippen LogP contribution is -2.37. The topological polar surface area (TPSA) is 53.3 Å². The molecule has 4 heteroatoms. The predicted molar refractivity (Wildman–Crippen MR) is 59.0 cm³/mol. The number of hydrogen-bond donors (Lipinski definition) is 0. The average molecular weight is 216 g/mol. The van der Waals surface area contributed by atoms with Gasteiger partial charge in [-0.2, -0.15) is 5.26 Å². The van der Waals surface area contributed by atoms with Crippen molar-refractivity contribution in [2.24, 2.45) is 0 Å². The molecule has 1 aromatic carbocycles. The van der Waals surface area contributed by atoms with Gasteiger partial charge in [-0.3, -0.25) is 4.90 Å². The molecule has 1 aliphatic heterocycles. The third-order valence-electron chi connectivity index (χ3n) is 2.59. The van der Waals surface area contributed by atoms with Crippen LogP contribution in [-0.2, 0) is 11.2 Å². The van der Waals surface area contributed by atoms with Gasteiger partial charge in [-0.15, -0.1) is 0 Å². The molecule has 0 saturated carbocycles. The monoisotopic (exact) mass is 216 g/mol. The van der Waals surface area contributed by atoms with Crippen LogP contribution in [0.25, 0.3) is 0 Å². The first kappa shape index (κ1) is 10.5. The van der Waals surface area contributed by atoms with Gasteiger partial charge in [0.05, 0.1) is 18.4 Å². The molecule has 0 bridgehead atoms. The number of nitriles is 1. The SMILES string of the molecule is CCOC(=O)N1c2ccccc2CC1C#N. The number of hydrogen-bond acceptors (Lipinski definition) is 3. The van der Waals surface area contributed by atoms with Crippen molar-refractivity contribution in [3.05, 3.63) is 29.8 Å². The van der Waals surface area contributed by atoms with Crippen LogP contribution in [0.15, 0.2) is 24.3 Å². The minimum absolute atomic E-state index is 0.315. The molecular weight excluding hydrogens is 204 g/mol. The molecule has 0 fully saturated rings. The first-order valence-electron chi connectivity index (χ1n) is 5.21. The van der Waals surface area contributed by atoms with E-state index in [1.165, 1.54) is 4.90 Å². The summed E-state index contributed by atoms with van der Waals surface area (Å²) in [4.78, 5) is 13.2. The van der Waals surface area contributed by atoms with Crippen molar-refractivity contribution in [1.29, 1.82) is 5.26 Å². The lowest BCUT2D eigenvalue weighted by Gasteiger charge is -2.19. The highest BCUT2D eigenvalue weighted by molar-refractivity contribution is 5.91. The van der Waals surface area contributed by atoms with Crippen LogP contribution in [0.3, 0.4) is 0 Å². The van der Waals surface area contributed by atoms with Crippen LogP contribution >= 0.6 is 0 Å². The number of ether oxygens (including phenoxy) is 1. The first-order chi connectivity index (χ1) is 7.77. The second-order valence-corrected chi connectivity index (χ2v) is 3.55. The van der Waals surface area contributed by atoms with Gasteiger partial charge in [-0.05, 0) is 18.6 Å². The van der Waals surface area contributed by atoms with Crippen LogP contribution in [0.2, 0.25) is 0 Å². The number of para-hydroxylation sites is 1. The molecule has 16 heavy (non-hydrogen) atoms. The maximum absolute atomic E-state index is 11.7. The third kappa shape index (κ3) is 1.61. The summed E-state index contributed by atoms with van der Waals surface area (Å²) in [5, 5.41) is 9.03. The number of anilines is 1. The van der Waals surface area contributed by atoms with E-state index in [9.17, 15) is 4.79 Å². The molecule has 1 heterocycles. The van der Waals surface area contributed by atoms with Gasteiger partial charge in [0.2, 0.25) is 0 Å². The Morgan fingerprint density at radius 3 is 3.06 bits per heavy atom. The van der Waals surface area contributed by atoms with Gasteiger partial charge in [0.1, 0.15) is 6.04 Å². The zero-order valence-corrected chi connectivity index (χ0v) is 9.01. The first-order valence-corrected chi connectivity index (χ1v) is 5.21. The number of carbonyl (C=O) groups excluding carboxylic acids is 1. The smallest absolute Gasteiger partial charge is 0.415 e.